The minimum absolute atomic E-state index is 0.0715. The third-order valence-corrected chi connectivity index (χ3v) is 5.77. The fourth-order valence-corrected chi connectivity index (χ4v) is 3.96. The fraction of sp³-hybridized carbons (Fsp3) is 0.348. The molecule has 0 aliphatic heterocycles. The second-order valence-electron chi connectivity index (χ2n) is 7.95. The quantitative estimate of drug-likeness (QED) is 0.502. The van der Waals surface area contributed by atoms with Gasteiger partial charge in [0, 0.05) is 35.2 Å². The van der Waals surface area contributed by atoms with Crippen LogP contribution in [0, 0.1) is 5.82 Å². The molecule has 0 radical (unpaired) electrons. The maximum absolute atomic E-state index is 14.2. The van der Waals surface area contributed by atoms with Crippen LogP contribution in [-0.4, -0.2) is 54.7 Å². The van der Waals surface area contributed by atoms with Crippen LogP contribution < -0.4 is 15.5 Å². The van der Waals surface area contributed by atoms with E-state index >= 15 is 0 Å². The van der Waals surface area contributed by atoms with Crippen LogP contribution in [0.25, 0.3) is 0 Å². The zero-order chi connectivity index (χ0) is 25.8. The number of nitrogens with zero attached hydrogens (tertiary/aromatic N) is 1. The van der Waals surface area contributed by atoms with Crippen LogP contribution in [0.3, 0.4) is 0 Å². The number of carbonyl (C=O) groups is 3. The maximum atomic E-state index is 14.2. The molecule has 12 heteroatoms. The van der Waals surface area contributed by atoms with Gasteiger partial charge in [0.15, 0.2) is 0 Å². The van der Waals surface area contributed by atoms with Gasteiger partial charge in [0.2, 0.25) is 5.91 Å². The number of amides is 3. The molecular weight excluding hydrogens is 491 g/mol. The van der Waals surface area contributed by atoms with E-state index in [-0.39, 0.29) is 16.3 Å². The molecule has 1 fully saturated rings. The zero-order valence-corrected chi connectivity index (χ0v) is 19.3. The molecule has 0 spiro atoms. The number of rotatable bonds is 8. The van der Waals surface area contributed by atoms with Gasteiger partial charge >= 0.3 is 6.09 Å². The first-order valence-electron chi connectivity index (χ1n) is 10.5. The van der Waals surface area contributed by atoms with E-state index in [1.54, 1.807) is 12.1 Å². The van der Waals surface area contributed by atoms with Gasteiger partial charge in [-0.2, -0.15) is 0 Å². The summed E-state index contributed by atoms with van der Waals surface area (Å²) in [6.45, 7) is -0.883. The Bertz CT molecular complexity index is 1100. The highest BCUT2D eigenvalue weighted by Gasteiger charge is 2.47. The number of aliphatic hydroxyl groups is 1. The van der Waals surface area contributed by atoms with E-state index in [4.69, 9.17) is 11.6 Å². The maximum Gasteiger partial charge on any atom is 0.407 e. The largest absolute Gasteiger partial charge is 0.453 e. The number of nitrogens with one attached hydrogen (secondary N) is 2. The molecule has 2 atom stereocenters. The van der Waals surface area contributed by atoms with Gasteiger partial charge in [-0.25, -0.2) is 18.0 Å². The summed E-state index contributed by atoms with van der Waals surface area (Å²) >= 11 is 6.33. The van der Waals surface area contributed by atoms with Crippen LogP contribution in [0.1, 0.15) is 24.4 Å². The van der Waals surface area contributed by atoms with Crippen molar-refractivity contribution in [3.8, 4) is 0 Å². The van der Waals surface area contributed by atoms with Crippen LogP contribution in [-0.2, 0) is 14.3 Å². The monoisotopic (exact) mass is 513 g/mol. The Morgan fingerprint density at radius 3 is 2.46 bits per heavy atom. The lowest BCUT2D eigenvalue weighted by Gasteiger charge is -2.38. The number of hydrogen-bond acceptors (Lipinski definition) is 5. The minimum atomic E-state index is -2.91. The SMILES string of the molecule is COC(=O)N[C@@H](CO)C(=O)N(c1cccc(F)c1)C(C(=O)NC1CC(F)(F)C1)c1ccccc1Cl. The third kappa shape index (κ3) is 6.23. The lowest BCUT2D eigenvalue weighted by Crippen LogP contribution is -2.57. The number of aliphatic hydroxyl groups excluding tert-OH is 1. The van der Waals surface area contributed by atoms with Crippen molar-refractivity contribution in [2.45, 2.75) is 36.9 Å². The second-order valence-corrected chi connectivity index (χ2v) is 8.36. The number of ether oxygens (including phenoxy) is 1. The average molecular weight is 514 g/mol. The van der Waals surface area contributed by atoms with Crippen LogP contribution in [0.5, 0.6) is 0 Å². The molecule has 35 heavy (non-hydrogen) atoms. The molecular formula is C23H23ClF3N3O5. The molecule has 3 amide bonds. The Kier molecular flexibility index (Phi) is 8.23. The Hall–Kier alpha value is -3.31. The van der Waals surface area contributed by atoms with E-state index < -0.39 is 67.2 Å². The lowest BCUT2D eigenvalue weighted by atomic mass is 9.87. The first-order valence-corrected chi connectivity index (χ1v) is 10.9. The number of hydrogen-bond donors (Lipinski definition) is 3. The molecule has 1 saturated carbocycles. The van der Waals surface area contributed by atoms with Crippen LogP contribution >= 0.6 is 11.6 Å². The predicted molar refractivity (Wildman–Crippen MR) is 121 cm³/mol. The van der Waals surface area contributed by atoms with Crippen molar-refractivity contribution in [1.29, 1.82) is 0 Å². The summed E-state index contributed by atoms with van der Waals surface area (Å²) in [4.78, 5) is 39.6. The average Bonchev–Trinajstić information content (AvgIpc) is 2.79. The number of alkyl halides is 2. The molecule has 2 aromatic rings. The summed E-state index contributed by atoms with van der Waals surface area (Å²) in [7, 11) is 1.05. The van der Waals surface area contributed by atoms with Gasteiger partial charge in [0.25, 0.3) is 11.8 Å². The van der Waals surface area contributed by atoms with Crippen molar-refractivity contribution in [2.75, 3.05) is 18.6 Å². The molecule has 3 rings (SSSR count). The molecule has 0 bridgehead atoms. The summed E-state index contributed by atoms with van der Waals surface area (Å²) in [6, 6.07) is 6.75. The lowest BCUT2D eigenvalue weighted by molar-refractivity contribution is -0.133. The first-order chi connectivity index (χ1) is 16.6. The highest BCUT2D eigenvalue weighted by molar-refractivity contribution is 6.31. The predicted octanol–water partition coefficient (Wildman–Crippen LogP) is 3.18. The van der Waals surface area contributed by atoms with Crippen molar-refractivity contribution in [3.63, 3.8) is 0 Å². The van der Waals surface area contributed by atoms with Gasteiger partial charge in [0.1, 0.15) is 17.9 Å². The topological polar surface area (TPSA) is 108 Å². The van der Waals surface area contributed by atoms with Gasteiger partial charge in [-0.05, 0) is 24.3 Å². The molecule has 8 nitrogen and oxygen atoms in total. The summed E-state index contributed by atoms with van der Waals surface area (Å²) in [5.41, 5.74) is 0.0178. The third-order valence-electron chi connectivity index (χ3n) is 5.42. The molecule has 0 heterocycles. The summed E-state index contributed by atoms with van der Waals surface area (Å²) in [5, 5.41) is 14.5. The number of anilines is 1. The molecule has 188 valence electrons. The second kappa shape index (κ2) is 11.0. The van der Waals surface area contributed by atoms with Crippen molar-refractivity contribution >= 4 is 35.2 Å². The van der Waals surface area contributed by atoms with Gasteiger partial charge in [-0.15, -0.1) is 0 Å². The van der Waals surface area contributed by atoms with Gasteiger partial charge in [-0.1, -0.05) is 35.9 Å². The van der Waals surface area contributed by atoms with Crippen LogP contribution in [0.2, 0.25) is 5.02 Å². The van der Waals surface area contributed by atoms with E-state index in [1.165, 1.54) is 24.3 Å². The van der Waals surface area contributed by atoms with Gasteiger partial charge in [0.05, 0.1) is 13.7 Å². The zero-order valence-electron chi connectivity index (χ0n) is 18.5. The molecule has 2 aromatic carbocycles. The Morgan fingerprint density at radius 2 is 1.89 bits per heavy atom. The summed E-state index contributed by atoms with van der Waals surface area (Å²) in [5.74, 6) is -5.50. The Labute approximate surface area is 204 Å². The molecule has 0 saturated heterocycles. The van der Waals surface area contributed by atoms with Crippen LogP contribution in [0.15, 0.2) is 48.5 Å². The Balaban J connectivity index is 2.09. The van der Waals surface area contributed by atoms with Crippen molar-refractivity contribution in [3.05, 3.63) is 64.9 Å². The summed E-state index contributed by atoms with van der Waals surface area (Å²) < 4.78 is 45.4. The molecule has 1 unspecified atom stereocenters. The van der Waals surface area contributed by atoms with E-state index in [0.29, 0.717) is 0 Å². The van der Waals surface area contributed by atoms with Crippen molar-refractivity contribution < 1.29 is 37.4 Å². The highest BCUT2D eigenvalue weighted by Crippen LogP contribution is 2.39. The van der Waals surface area contributed by atoms with E-state index in [9.17, 15) is 32.7 Å². The Morgan fingerprint density at radius 1 is 1.20 bits per heavy atom. The molecule has 0 aromatic heterocycles. The van der Waals surface area contributed by atoms with Crippen molar-refractivity contribution in [2.24, 2.45) is 0 Å². The standard InChI is InChI=1S/C23H23ClF3N3O5/c1-35-22(34)29-18(12-31)21(33)30(15-6-4-5-13(25)9-15)19(16-7-2-3-8-17(16)24)20(32)28-14-10-23(26,27)11-14/h2-9,14,18-19,31H,10-12H2,1H3,(H,28,32)(H,29,34)/t18-,19?/m0/s1. The van der Waals surface area contributed by atoms with E-state index in [2.05, 4.69) is 15.4 Å². The normalized spacial score (nSPS) is 16.4. The van der Waals surface area contributed by atoms with Gasteiger partial charge < -0.3 is 20.5 Å². The number of benzene rings is 2. The van der Waals surface area contributed by atoms with E-state index in [0.717, 1.165) is 24.1 Å². The number of carbonyl (C=O) groups excluding carboxylic acids is 3. The van der Waals surface area contributed by atoms with Crippen LogP contribution in [0.4, 0.5) is 23.7 Å². The smallest absolute Gasteiger partial charge is 0.407 e. The fourth-order valence-electron chi connectivity index (χ4n) is 3.72. The molecule has 1 aliphatic rings. The number of alkyl carbamates (subject to hydrolysis) is 1. The molecule has 3 N–H and O–H groups in total. The summed E-state index contributed by atoms with van der Waals surface area (Å²) in [6.07, 6.45) is -2.19. The number of halogens is 4. The first kappa shape index (κ1) is 26.3. The molecule has 1 aliphatic carbocycles. The number of methoxy groups -OCH3 is 1. The van der Waals surface area contributed by atoms with Gasteiger partial charge in [-0.3, -0.25) is 14.5 Å². The minimum Gasteiger partial charge on any atom is -0.453 e. The van der Waals surface area contributed by atoms with E-state index in [1.807, 2.05) is 0 Å². The van der Waals surface area contributed by atoms with Crippen molar-refractivity contribution in [1.82, 2.24) is 10.6 Å². The highest BCUT2D eigenvalue weighted by atomic mass is 35.5.